The summed E-state index contributed by atoms with van der Waals surface area (Å²) < 4.78 is 0. The molecule has 0 aliphatic rings. The summed E-state index contributed by atoms with van der Waals surface area (Å²) in [6.07, 6.45) is 0. The Labute approximate surface area is 61.9 Å². The highest BCUT2D eigenvalue weighted by Crippen LogP contribution is 2.07. The molecule has 3 heteroatoms. The second-order valence-corrected chi connectivity index (χ2v) is 2.30. The molecule has 0 aromatic heterocycles. The zero-order valence-electron chi connectivity index (χ0n) is 6.76. The van der Waals surface area contributed by atoms with Gasteiger partial charge in [0.1, 0.15) is 6.07 Å². The van der Waals surface area contributed by atoms with Gasteiger partial charge in [-0.25, -0.2) is 0 Å². The molecule has 1 N–H and O–H groups in total. The van der Waals surface area contributed by atoms with E-state index >= 15 is 0 Å². The number of rotatable bonds is 3. The lowest BCUT2D eigenvalue weighted by Gasteiger charge is -2.28. The van der Waals surface area contributed by atoms with Crippen molar-refractivity contribution in [3.05, 3.63) is 0 Å². The Morgan fingerprint density at radius 1 is 1.50 bits per heavy atom. The van der Waals surface area contributed by atoms with Crippen molar-refractivity contribution in [2.75, 3.05) is 13.1 Å². The van der Waals surface area contributed by atoms with E-state index in [1.165, 1.54) is 6.92 Å². The maximum Gasteiger partial charge on any atom is 0.205 e. The Hall–Kier alpha value is -0.590. The van der Waals surface area contributed by atoms with Crippen LogP contribution in [0.25, 0.3) is 0 Å². The smallest absolute Gasteiger partial charge is 0.205 e. The third-order valence-corrected chi connectivity index (χ3v) is 1.59. The van der Waals surface area contributed by atoms with Crippen LogP contribution in [0.15, 0.2) is 0 Å². The highest BCUT2D eigenvalue weighted by molar-refractivity contribution is 4.95. The van der Waals surface area contributed by atoms with Crippen LogP contribution >= 0.6 is 0 Å². The molecule has 1 unspecified atom stereocenters. The van der Waals surface area contributed by atoms with Crippen molar-refractivity contribution in [2.45, 2.75) is 26.5 Å². The summed E-state index contributed by atoms with van der Waals surface area (Å²) in [6.45, 7) is 6.71. The molecule has 58 valence electrons. The van der Waals surface area contributed by atoms with E-state index in [-0.39, 0.29) is 0 Å². The van der Waals surface area contributed by atoms with Gasteiger partial charge in [0.2, 0.25) is 5.72 Å². The summed E-state index contributed by atoms with van der Waals surface area (Å²) in [5.41, 5.74) is -1.30. The molecule has 0 rings (SSSR count). The standard InChI is InChI=1S/C7H14N2O/c1-4-9(5-2)7(3,10)6-8/h10H,4-5H2,1-3H3. The van der Waals surface area contributed by atoms with Crippen LogP contribution in [0.3, 0.4) is 0 Å². The van der Waals surface area contributed by atoms with Gasteiger partial charge in [-0.2, -0.15) is 5.26 Å². The minimum atomic E-state index is -1.30. The van der Waals surface area contributed by atoms with E-state index in [1.807, 2.05) is 19.9 Å². The van der Waals surface area contributed by atoms with Gasteiger partial charge in [0.25, 0.3) is 0 Å². The SMILES string of the molecule is CCN(CC)C(C)(O)C#N. The first-order valence-electron chi connectivity index (χ1n) is 3.47. The van der Waals surface area contributed by atoms with Gasteiger partial charge in [-0.3, -0.25) is 4.90 Å². The van der Waals surface area contributed by atoms with Crippen molar-refractivity contribution in [1.82, 2.24) is 4.90 Å². The summed E-state index contributed by atoms with van der Waals surface area (Å²) in [5, 5.41) is 17.8. The van der Waals surface area contributed by atoms with Gasteiger partial charge in [0, 0.05) is 0 Å². The van der Waals surface area contributed by atoms with Crippen LogP contribution in [0.5, 0.6) is 0 Å². The zero-order chi connectivity index (χ0) is 8.20. The van der Waals surface area contributed by atoms with E-state index in [9.17, 15) is 5.11 Å². The summed E-state index contributed by atoms with van der Waals surface area (Å²) in [6, 6.07) is 1.82. The maximum absolute atomic E-state index is 9.35. The summed E-state index contributed by atoms with van der Waals surface area (Å²) in [5.74, 6) is 0. The normalized spacial score (nSPS) is 16.4. The molecule has 0 amide bonds. The van der Waals surface area contributed by atoms with Gasteiger partial charge < -0.3 is 5.11 Å². The quantitative estimate of drug-likeness (QED) is 0.462. The molecule has 0 heterocycles. The highest BCUT2D eigenvalue weighted by Gasteiger charge is 2.25. The molecule has 1 atom stereocenters. The van der Waals surface area contributed by atoms with E-state index in [2.05, 4.69) is 0 Å². The van der Waals surface area contributed by atoms with Crippen LogP contribution in [0.1, 0.15) is 20.8 Å². The fourth-order valence-electron chi connectivity index (χ4n) is 0.910. The number of aliphatic hydroxyl groups is 1. The lowest BCUT2D eigenvalue weighted by atomic mass is 10.2. The van der Waals surface area contributed by atoms with E-state index < -0.39 is 5.72 Å². The van der Waals surface area contributed by atoms with Crippen molar-refractivity contribution >= 4 is 0 Å². The molecule has 0 fully saturated rings. The molecule has 0 aliphatic carbocycles. The molecule has 3 nitrogen and oxygen atoms in total. The Morgan fingerprint density at radius 3 is 2.00 bits per heavy atom. The first kappa shape index (κ1) is 9.41. The fourth-order valence-corrected chi connectivity index (χ4v) is 0.910. The summed E-state index contributed by atoms with van der Waals surface area (Å²) in [7, 11) is 0. The number of nitrogens with zero attached hydrogens (tertiary/aromatic N) is 2. The Morgan fingerprint density at radius 2 is 1.90 bits per heavy atom. The fraction of sp³-hybridized carbons (Fsp3) is 0.857. The van der Waals surface area contributed by atoms with Crippen molar-refractivity contribution < 1.29 is 5.11 Å². The summed E-state index contributed by atoms with van der Waals surface area (Å²) >= 11 is 0. The molecule has 0 radical (unpaired) electrons. The van der Waals surface area contributed by atoms with Crippen LogP contribution in [0, 0.1) is 11.3 Å². The van der Waals surface area contributed by atoms with Crippen molar-refractivity contribution in [3.63, 3.8) is 0 Å². The number of hydrogen-bond acceptors (Lipinski definition) is 3. The van der Waals surface area contributed by atoms with Crippen molar-refractivity contribution in [3.8, 4) is 6.07 Å². The lowest BCUT2D eigenvalue weighted by molar-refractivity contribution is -0.0397. The van der Waals surface area contributed by atoms with Crippen LogP contribution < -0.4 is 0 Å². The molecule has 0 aliphatic heterocycles. The second-order valence-electron chi connectivity index (χ2n) is 2.30. The molecular formula is C7H14N2O. The van der Waals surface area contributed by atoms with Crippen LogP contribution in [-0.4, -0.2) is 28.8 Å². The average Bonchev–Trinajstić information content (AvgIpc) is 1.90. The predicted molar refractivity (Wildman–Crippen MR) is 39.2 cm³/mol. The van der Waals surface area contributed by atoms with E-state index in [0.29, 0.717) is 13.1 Å². The van der Waals surface area contributed by atoms with Gasteiger partial charge >= 0.3 is 0 Å². The van der Waals surface area contributed by atoms with Gasteiger partial charge in [-0.05, 0) is 20.0 Å². The minimum absolute atomic E-state index is 0.692. The summed E-state index contributed by atoms with van der Waals surface area (Å²) in [4.78, 5) is 1.69. The van der Waals surface area contributed by atoms with E-state index in [4.69, 9.17) is 5.26 Å². The average molecular weight is 142 g/mol. The molecule has 0 aromatic carbocycles. The maximum atomic E-state index is 9.35. The van der Waals surface area contributed by atoms with Crippen LogP contribution in [0.2, 0.25) is 0 Å². The molecule has 10 heavy (non-hydrogen) atoms. The minimum Gasteiger partial charge on any atom is -0.364 e. The third kappa shape index (κ3) is 1.98. The van der Waals surface area contributed by atoms with Gasteiger partial charge in [-0.15, -0.1) is 0 Å². The monoisotopic (exact) mass is 142 g/mol. The van der Waals surface area contributed by atoms with Crippen LogP contribution in [0.4, 0.5) is 0 Å². The predicted octanol–water partition coefficient (Wildman–Crippen LogP) is 0.560. The highest BCUT2D eigenvalue weighted by atomic mass is 16.3. The molecule has 0 spiro atoms. The molecule has 0 bridgehead atoms. The Balaban J connectivity index is 4.15. The van der Waals surface area contributed by atoms with Crippen molar-refractivity contribution in [2.24, 2.45) is 0 Å². The lowest BCUT2D eigenvalue weighted by Crippen LogP contribution is -2.44. The largest absolute Gasteiger partial charge is 0.364 e. The van der Waals surface area contributed by atoms with Gasteiger partial charge in [0.15, 0.2) is 0 Å². The van der Waals surface area contributed by atoms with Crippen LogP contribution in [-0.2, 0) is 0 Å². The molecular weight excluding hydrogens is 128 g/mol. The van der Waals surface area contributed by atoms with Crippen molar-refractivity contribution in [1.29, 1.82) is 5.26 Å². The van der Waals surface area contributed by atoms with E-state index in [0.717, 1.165) is 0 Å². The number of nitriles is 1. The third-order valence-electron chi connectivity index (χ3n) is 1.59. The Bertz CT molecular complexity index is 133. The molecule has 0 saturated carbocycles. The molecule has 0 saturated heterocycles. The molecule has 0 aromatic rings. The Kier molecular flexibility index (Phi) is 3.34. The first-order valence-corrected chi connectivity index (χ1v) is 3.47. The first-order chi connectivity index (χ1) is 4.58. The van der Waals surface area contributed by atoms with Gasteiger partial charge in [0.05, 0.1) is 0 Å². The topological polar surface area (TPSA) is 47.3 Å². The van der Waals surface area contributed by atoms with Gasteiger partial charge in [-0.1, -0.05) is 13.8 Å². The number of hydrogen-bond donors (Lipinski definition) is 1. The zero-order valence-corrected chi connectivity index (χ0v) is 6.76. The second kappa shape index (κ2) is 3.55. The van der Waals surface area contributed by atoms with E-state index in [1.54, 1.807) is 4.90 Å².